The van der Waals surface area contributed by atoms with Crippen molar-refractivity contribution in [2.45, 2.75) is 4.90 Å². The number of carbonyl (C=O) groups is 1. The first-order valence-electron chi connectivity index (χ1n) is 10.6. The molecule has 6 nitrogen and oxygen atoms in total. The van der Waals surface area contributed by atoms with Gasteiger partial charge in [-0.05, 0) is 47.5 Å². The zero-order valence-electron chi connectivity index (χ0n) is 17.7. The molecule has 1 aliphatic rings. The van der Waals surface area contributed by atoms with Crippen LogP contribution in [0.15, 0.2) is 83.8 Å². The Morgan fingerprint density at radius 2 is 1.48 bits per heavy atom. The maximum Gasteiger partial charge on any atom is 0.270 e. The molecule has 1 fully saturated rings. The molecule has 0 bridgehead atoms. The van der Waals surface area contributed by atoms with Crippen LogP contribution < -0.4 is 0 Å². The summed E-state index contributed by atoms with van der Waals surface area (Å²) in [7, 11) is -3.63. The van der Waals surface area contributed by atoms with Gasteiger partial charge in [-0.3, -0.25) is 4.79 Å². The number of aromatic amines is 1. The van der Waals surface area contributed by atoms with Crippen molar-refractivity contribution in [3.8, 4) is 11.1 Å². The van der Waals surface area contributed by atoms with E-state index < -0.39 is 10.0 Å². The van der Waals surface area contributed by atoms with E-state index in [-0.39, 0.29) is 23.9 Å². The molecular formula is C25H22ClN3O3S. The molecule has 0 atom stereocenters. The number of fused-ring (bicyclic) bond motifs is 1. The summed E-state index contributed by atoms with van der Waals surface area (Å²) in [6.45, 7) is 1.16. The first-order valence-corrected chi connectivity index (χ1v) is 12.5. The van der Waals surface area contributed by atoms with E-state index >= 15 is 0 Å². The molecule has 0 radical (unpaired) electrons. The van der Waals surface area contributed by atoms with Gasteiger partial charge in [0.1, 0.15) is 5.69 Å². The highest BCUT2D eigenvalue weighted by atomic mass is 35.5. The summed E-state index contributed by atoms with van der Waals surface area (Å²) in [6.07, 6.45) is 0. The standard InChI is InChI=1S/C25H22ClN3O3S/c26-21-8-11-23-20(16-21)17-24(27-23)25(30)28-12-14-29(15-13-28)33(31,32)22-9-6-19(7-10-22)18-4-2-1-3-5-18/h1-11,16-17,27H,12-15H2. The van der Waals surface area contributed by atoms with Crippen LogP contribution in [0.1, 0.15) is 10.5 Å². The van der Waals surface area contributed by atoms with Crippen LogP contribution in [-0.2, 0) is 10.0 Å². The largest absolute Gasteiger partial charge is 0.351 e. The Morgan fingerprint density at radius 3 is 2.18 bits per heavy atom. The number of benzene rings is 3. The molecule has 5 rings (SSSR count). The highest BCUT2D eigenvalue weighted by Gasteiger charge is 2.30. The van der Waals surface area contributed by atoms with Gasteiger partial charge in [0.25, 0.3) is 5.91 Å². The minimum absolute atomic E-state index is 0.147. The summed E-state index contributed by atoms with van der Waals surface area (Å²) >= 11 is 6.03. The van der Waals surface area contributed by atoms with E-state index in [2.05, 4.69) is 4.98 Å². The Morgan fingerprint density at radius 1 is 0.818 bits per heavy atom. The van der Waals surface area contributed by atoms with Gasteiger partial charge in [-0.2, -0.15) is 4.31 Å². The minimum atomic E-state index is -3.63. The lowest BCUT2D eigenvalue weighted by atomic mass is 10.1. The molecule has 2 heterocycles. The van der Waals surface area contributed by atoms with Gasteiger partial charge in [-0.25, -0.2) is 8.42 Å². The van der Waals surface area contributed by atoms with Crippen molar-refractivity contribution in [3.05, 3.63) is 89.6 Å². The fourth-order valence-electron chi connectivity index (χ4n) is 4.12. The Labute approximate surface area is 197 Å². The molecule has 1 aromatic heterocycles. The number of hydrogen-bond donors (Lipinski definition) is 1. The molecule has 0 saturated carbocycles. The number of halogens is 1. The number of aromatic nitrogens is 1. The smallest absolute Gasteiger partial charge is 0.270 e. The minimum Gasteiger partial charge on any atom is -0.351 e. The summed E-state index contributed by atoms with van der Waals surface area (Å²) < 4.78 is 27.7. The predicted molar refractivity (Wildman–Crippen MR) is 130 cm³/mol. The lowest BCUT2D eigenvalue weighted by molar-refractivity contribution is 0.0693. The van der Waals surface area contributed by atoms with E-state index in [9.17, 15) is 13.2 Å². The average molecular weight is 480 g/mol. The van der Waals surface area contributed by atoms with Crippen LogP contribution in [-0.4, -0.2) is 54.7 Å². The molecule has 0 unspecified atom stereocenters. The number of rotatable bonds is 4. The zero-order chi connectivity index (χ0) is 23.0. The lowest BCUT2D eigenvalue weighted by Crippen LogP contribution is -2.50. The highest BCUT2D eigenvalue weighted by Crippen LogP contribution is 2.25. The van der Waals surface area contributed by atoms with Gasteiger partial charge in [0.15, 0.2) is 0 Å². The third-order valence-electron chi connectivity index (χ3n) is 5.94. The number of hydrogen-bond acceptors (Lipinski definition) is 3. The van der Waals surface area contributed by atoms with E-state index in [1.807, 2.05) is 48.5 Å². The summed E-state index contributed by atoms with van der Waals surface area (Å²) in [4.78, 5) is 18.0. The summed E-state index contributed by atoms with van der Waals surface area (Å²) in [5.74, 6) is -0.147. The fourth-order valence-corrected chi connectivity index (χ4v) is 5.72. The van der Waals surface area contributed by atoms with E-state index in [1.54, 1.807) is 35.2 Å². The highest BCUT2D eigenvalue weighted by molar-refractivity contribution is 7.89. The van der Waals surface area contributed by atoms with Gasteiger partial charge < -0.3 is 9.88 Å². The Kier molecular flexibility index (Phi) is 5.70. The van der Waals surface area contributed by atoms with Crippen LogP contribution in [0.3, 0.4) is 0 Å². The number of H-pyrrole nitrogens is 1. The Balaban J connectivity index is 1.27. The van der Waals surface area contributed by atoms with Crippen LogP contribution >= 0.6 is 11.6 Å². The number of piperazine rings is 1. The monoisotopic (exact) mass is 479 g/mol. The molecule has 1 aliphatic heterocycles. The van der Waals surface area contributed by atoms with Crippen LogP contribution in [0.25, 0.3) is 22.0 Å². The topological polar surface area (TPSA) is 73.5 Å². The Bertz CT molecular complexity index is 1410. The van der Waals surface area contributed by atoms with Crippen LogP contribution in [0.5, 0.6) is 0 Å². The Hall–Kier alpha value is -3.13. The molecule has 1 N–H and O–H groups in total. The van der Waals surface area contributed by atoms with Crippen molar-refractivity contribution < 1.29 is 13.2 Å². The van der Waals surface area contributed by atoms with Crippen LogP contribution in [0.4, 0.5) is 0 Å². The molecule has 33 heavy (non-hydrogen) atoms. The van der Waals surface area contributed by atoms with Crippen LogP contribution in [0, 0.1) is 0 Å². The van der Waals surface area contributed by atoms with E-state index in [0.29, 0.717) is 23.8 Å². The molecule has 1 amide bonds. The van der Waals surface area contributed by atoms with Gasteiger partial charge in [0.05, 0.1) is 4.90 Å². The number of nitrogens with zero attached hydrogens (tertiary/aromatic N) is 2. The summed E-state index contributed by atoms with van der Waals surface area (Å²) in [5.41, 5.74) is 3.31. The number of amides is 1. The van der Waals surface area contributed by atoms with Crippen molar-refractivity contribution >= 4 is 38.4 Å². The second kappa shape index (κ2) is 8.67. The fraction of sp³-hybridized carbons (Fsp3) is 0.160. The first kappa shape index (κ1) is 21.7. The molecular weight excluding hydrogens is 458 g/mol. The second-order valence-corrected chi connectivity index (χ2v) is 10.4. The average Bonchev–Trinajstić information content (AvgIpc) is 3.27. The number of nitrogens with one attached hydrogen (secondary N) is 1. The van der Waals surface area contributed by atoms with Crippen molar-refractivity contribution in [1.82, 2.24) is 14.2 Å². The maximum atomic E-state index is 13.1. The maximum absolute atomic E-state index is 13.1. The van der Waals surface area contributed by atoms with E-state index in [1.165, 1.54) is 4.31 Å². The third-order valence-corrected chi connectivity index (χ3v) is 8.09. The lowest BCUT2D eigenvalue weighted by Gasteiger charge is -2.33. The van der Waals surface area contributed by atoms with Gasteiger partial charge in [0.2, 0.25) is 10.0 Å². The van der Waals surface area contributed by atoms with Gasteiger partial charge in [0, 0.05) is 42.1 Å². The second-order valence-electron chi connectivity index (χ2n) is 8.00. The predicted octanol–water partition coefficient (Wildman–Crippen LogP) is 4.64. The number of carbonyl (C=O) groups excluding carboxylic acids is 1. The van der Waals surface area contributed by atoms with E-state index in [4.69, 9.17) is 11.6 Å². The quantitative estimate of drug-likeness (QED) is 0.463. The molecule has 8 heteroatoms. The molecule has 3 aromatic carbocycles. The SMILES string of the molecule is O=C(c1cc2cc(Cl)ccc2[nH]1)N1CCN(S(=O)(=O)c2ccc(-c3ccccc3)cc2)CC1. The molecule has 1 saturated heterocycles. The molecule has 168 valence electrons. The molecule has 4 aromatic rings. The van der Waals surface area contributed by atoms with E-state index in [0.717, 1.165) is 22.0 Å². The van der Waals surface area contributed by atoms with Gasteiger partial charge in [-0.1, -0.05) is 54.1 Å². The normalized spacial score (nSPS) is 15.1. The summed E-state index contributed by atoms with van der Waals surface area (Å²) in [5, 5.41) is 1.47. The molecule has 0 spiro atoms. The van der Waals surface area contributed by atoms with Gasteiger partial charge >= 0.3 is 0 Å². The summed E-state index contributed by atoms with van der Waals surface area (Å²) in [6, 6.07) is 23.9. The third kappa shape index (κ3) is 4.27. The molecule has 0 aliphatic carbocycles. The number of sulfonamides is 1. The van der Waals surface area contributed by atoms with Crippen molar-refractivity contribution in [3.63, 3.8) is 0 Å². The van der Waals surface area contributed by atoms with Crippen molar-refractivity contribution in [1.29, 1.82) is 0 Å². The van der Waals surface area contributed by atoms with Crippen LogP contribution in [0.2, 0.25) is 5.02 Å². The van der Waals surface area contributed by atoms with Crippen molar-refractivity contribution in [2.75, 3.05) is 26.2 Å². The van der Waals surface area contributed by atoms with Gasteiger partial charge in [-0.15, -0.1) is 0 Å². The zero-order valence-corrected chi connectivity index (χ0v) is 19.3. The first-order chi connectivity index (χ1) is 15.9. The van der Waals surface area contributed by atoms with Crippen molar-refractivity contribution in [2.24, 2.45) is 0 Å².